The van der Waals surface area contributed by atoms with Gasteiger partial charge in [0.2, 0.25) is 0 Å². The maximum atomic E-state index is 13.5. The zero-order chi connectivity index (χ0) is 16.1. The summed E-state index contributed by atoms with van der Waals surface area (Å²) < 4.78 is 82.7. The fourth-order valence-electron chi connectivity index (χ4n) is 2.34. The highest BCUT2D eigenvalue weighted by Gasteiger charge is 2.72. The molecule has 126 valence electrons. The third-order valence-corrected chi connectivity index (χ3v) is 4.17. The van der Waals surface area contributed by atoms with Crippen molar-refractivity contribution in [1.29, 1.82) is 0 Å². The highest BCUT2D eigenvalue weighted by Crippen LogP contribution is 2.53. The predicted molar refractivity (Wildman–Crippen MR) is 60.4 cm³/mol. The Morgan fingerprint density at radius 1 is 1.00 bits per heavy atom. The molecule has 0 heterocycles. The van der Waals surface area contributed by atoms with Crippen LogP contribution >= 0.6 is 12.0 Å². The Kier molecular flexibility index (Phi) is 6.63. The molecular formula is C11H15F6O3S-. The van der Waals surface area contributed by atoms with Crippen LogP contribution in [-0.4, -0.2) is 17.1 Å². The molecule has 1 saturated carbocycles. The van der Waals surface area contributed by atoms with Crippen LogP contribution in [0.25, 0.3) is 0 Å². The highest BCUT2D eigenvalue weighted by atomic mass is 32.2. The molecule has 3 nitrogen and oxygen atoms in total. The largest absolute Gasteiger partial charge is 0.691 e. The van der Waals surface area contributed by atoms with E-state index >= 15 is 0 Å². The van der Waals surface area contributed by atoms with Gasteiger partial charge in [-0.1, -0.05) is 32.1 Å². The maximum Gasteiger partial charge on any atom is 0.389 e. The zero-order valence-corrected chi connectivity index (χ0v) is 11.7. The lowest BCUT2D eigenvalue weighted by Crippen LogP contribution is -2.52. The Morgan fingerprint density at radius 2 is 1.57 bits per heavy atom. The van der Waals surface area contributed by atoms with Gasteiger partial charge in [0.25, 0.3) is 0 Å². The van der Waals surface area contributed by atoms with Gasteiger partial charge in [0.1, 0.15) is 12.0 Å². The van der Waals surface area contributed by atoms with Crippen molar-refractivity contribution in [1.82, 2.24) is 0 Å². The molecule has 0 bridgehead atoms. The molecular weight excluding hydrogens is 326 g/mol. The number of halogens is 6. The molecule has 1 fully saturated rings. The van der Waals surface area contributed by atoms with Crippen LogP contribution in [0.3, 0.4) is 0 Å². The van der Waals surface area contributed by atoms with E-state index in [9.17, 15) is 31.6 Å². The van der Waals surface area contributed by atoms with Gasteiger partial charge in [0.15, 0.2) is 0 Å². The molecule has 1 rings (SSSR count). The van der Waals surface area contributed by atoms with E-state index in [4.69, 9.17) is 0 Å². The van der Waals surface area contributed by atoms with E-state index in [-0.39, 0.29) is 12.3 Å². The lowest BCUT2D eigenvalue weighted by molar-refractivity contribution is -0.777. The molecule has 0 saturated heterocycles. The van der Waals surface area contributed by atoms with Crippen molar-refractivity contribution in [3.05, 3.63) is 0 Å². The fourth-order valence-corrected chi connectivity index (χ4v) is 2.71. The molecule has 1 aliphatic rings. The molecule has 0 unspecified atom stereocenters. The first-order valence-electron chi connectivity index (χ1n) is 6.42. The van der Waals surface area contributed by atoms with Crippen molar-refractivity contribution in [2.45, 2.75) is 62.0 Å². The van der Waals surface area contributed by atoms with Crippen LogP contribution in [0.4, 0.5) is 26.3 Å². The van der Waals surface area contributed by atoms with E-state index in [0.717, 1.165) is 19.3 Å². The van der Waals surface area contributed by atoms with Crippen molar-refractivity contribution in [3.8, 4) is 0 Å². The van der Waals surface area contributed by atoms with Gasteiger partial charge in [0, 0.05) is 6.42 Å². The fraction of sp³-hybridized carbons (Fsp3) is 1.00. The summed E-state index contributed by atoms with van der Waals surface area (Å²) in [6.45, 7) is 0. The van der Waals surface area contributed by atoms with Crippen LogP contribution in [-0.2, 0) is 9.37 Å². The van der Waals surface area contributed by atoms with Gasteiger partial charge in [-0.15, -0.1) is 0 Å². The first kappa shape index (κ1) is 18.9. The van der Waals surface area contributed by atoms with Crippen LogP contribution in [0.2, 0.25) is 0 Å². The predicted octanol–water partition coefficient (Wildman–Crippen LogP) is 4.08. The van der Waals surface area contributed by atoms with Gasteiger partial charge < -0.3 is 5.26 Å². The molecule has 0 aromatic heterocycles. The summed E-state index contributed by atoms with van der Waals surface area (Å²) in [6, 6.07) is 0. The second-order valence-corrected chi connectivity index (χ2v) is 5.87. The summed E-state index contributed by atoms with van der Waals surface area (Å²) in [5, 5.41) is 6.59. The zero-order valence-electron chi connectivity index (χ0n) is 10.9. The Bertz CT molecular complexity index is 323. The van der Waals surface area contributed by atoms with Crippen LogP contribution < -0.4 is 5.26 Å². The summed E-state index contributed by atoms with van der Waals surface area (Å²) in [5.74, 6) is -10.7. The molecule has 0 atom stereocenters. The van der Waals surface area contributed by atoms with Crippen molar-refractivity contribution >= 4 is 12.0 Å². The summed E-state index contributed by atoms with van der Waals surface area (Å²) in [4.78, 5) is 0. The van der Waals surface area contributed by atoms with Crippen molar-refractivity contribution in [3.63, 3.8) is 0 Å². The maximum absolute atomic E-state index is 13.5. The third-order valence-electron chi connectivity index (χ3n) is 3.58. The third kappa shape index (κ3) is 4.64. The molecule has 1 aliphatic carbocycles. The average Bonchev–Trinajstić information content (AvgIpc) is 2.44. The summed E-state index contributed by atoms with van der Waals surface area (Å²) in [5.41, 5.74) is 0. The highest BCUT2D eigenvalue weighted by molar-refractivity contribution is 7.95. The minimum absolute atomic E-state index is 0.150. The summed E-state index contributed by atoms with van der Waals surface area (Å²) in [6.07, 6.45) is 2.30. The van der Waals surface area contributed by atoms with Crippen LogP contribution in [0.1, 0.15) is 44.9 Å². The molecule has 0 spiro atoms. The van der Waals surface area contributed by atoms with E-state index in [1.54, 1.807) is 0 Å². The molecule has 0 radical (unpaired) electrons. The monoisotopic (exact) mass is 341 g/mol. The average molecular weight is 341 g/mol. The van der Waals surface area contributed by atoms with E-state index in [0.29, 0.717) is 12.8 Å². The Morgan fingerprint density at radius 3 is 2.10 bits per heavy atom. The van der Waals surface area contributed by atoms with Gasteiger partial charge >= 0.3 is 17.1 Å². The number of alkyl halides is 6. The Labute approximate surface area is 122 Å². The minimum Gasteiger partial charge on any atom is -0.691 e. The van der Waals surface area contributed by atoms with Gasteiger partial charge in [0.05, 0.1) is 0 Å². The first-order chi connectivity index (χ1) is 9.64. The van der Waals surface area contributed by atoms with E-state index in [1.807, 2.05) is 0 Å². The van der Waals surface area contributed by atoms with Crippen molar-refractivity contribution in [2.24, 2.45) is 5.92 Å². The van der Waals surface area contributed by atoms with E-state index in [1.165, 1.54) is 0 Å². The standard InChI is InChI=1S/C11H16F6O3S/c12-9(13,7-6-8-4-2-1-3-5-8)10(14,15)11(16,17)21-20-19-18/h8,18H,1-7H2/p-1. The Balaban J connectivity index is 2.64. The lowest BCUT2D eigenvalue weighted by atomic mass is 9.85. The molecule has 0 aromatic carbocycles. The van der Waals surface area contributed by atoms with Gasteiger partial charge in [-0.25, -0.2) is 0 Å². The molecule has 21 heavy (non-hydrogen) atoms. The SMILES string of the molecule is [O-]OOSC(F)(F)C(F)(F)C(F)(F)CCC1CCCCC1. The molecule has 10 heteroatoms. The second kappa shape index (κ2) is 7.38. The summed E-state index contributed by atoms with van der Waals surface area (Å²) in [7, 11) is 0. The molecule has 0 N–H and O–H groups in total. The molecule has 0 aromatic rings. The number of hydrogen-bond acceptors (Lipinski definition) is 4. The van der Waals surface area contributed by atoms with Gasteiger partial charge in [-0.3, -0.25) is 5.04 Å². The second-order valence-electron chi connectivity index (χ2n) is 5.06. The van der Waals surface area contributed by atoms with Crippen molar-refractivity contribution < 1.29 is 41.0 Å². The smallest absolute Gasteiger partial charge is 0.389 e. The lowest BCUT2D eigenvalue weighted by Gasteiger charge is -2.32. The van der Waals surface area contributed by atoms with Crippen LogP contribution in [0, 0.1) is 5.92 Å². The van der Waals surface area contributed by atoms with Crippen LogP contribution in [0.5, 0.6) is 0 Å². The van der Waals surface area contributed by atoms with E-state index < -0.39 is 35.6 Å². The topological polar surface area (TPSA) is 41.5 Å². The van der Waals surface area contributed by atoms with E-state index in [2.05, 4.69) is 9.37 Å². The van der Waals surface area contributed by atoms with Gasteiger partial charge in [-0.05, 0) is 12.3 Å². The Hall–Kier alpha value is -0.190. The van der Waals surface area contributed by atoms with Gasteiger partial charge in [-0.2, -0.15) is 30.7 Å². The quantitative estimate of drug-likeness (QED) is 0.289. The first-order valence-corrected chi connectivity index (χ1v) is 7.16. The number of rotatable bonds is 8. The normalized spacial score (nSPS) is 19.0. The van der Waals surface area contributed by atoms with Crippen LogP contribution in [0.15, 0.2) is 0 Å². The molecule has 0 aliphatic heterocycles. The van der Waals surface area contributed by atoms with Crippen molar-refractivity contribution in [2.75, 3.05) is 0 Å². The minimum atomic E-state index is -5.65. The number of hydrogen-bond donors (Lipinski definition) is 0. The summed E-state index contributed by atoms with van der Waals surface area (Å²) >= 11 is -1.42. The molecule has 0 amide bonds.